The minimum atomic E-state index is -2.83. The maximum absolute atomic E-state index is 10.2. The van der Waals surface area contributed by atoms with E-state index in [-0.39, 0.29) is 84.8 Å². The summed E-state index contributed by atoms with van der Waals surface area (Å²) in [5.74, 6) is -4.74. The molecule has 148 valence electrons. The smallest absolute Gasteiger partial charge is 0.548 e. The van der Waals surface area contributed by atoms with Gasteiger partial charge in [0.25, 0.3) is 0 Å². The van der Waals surface area contributed by atoms with E-state index in [4.69, 9.17) is 11.5 Å². The van der Waals surface area contributed by atoms with Crippen LogP contribution in [0.3, 0.4) is 0 Å². The first-order valence-electron chi connectivity index (χ1n) is 6.45. The van der Waals surface area contributed by atoms with Crippen molar-refractivity contribution in [3.63, 3.8) is 0 Å². The van der Waals surface area contributed by atoms with Crippen LogP contribution < -0.4 is 80.8 Å². The maximum Gasteiger partial charge on any atom is 1.00 e. The van der Waals surface area contributed by atoms with Crippen LogP contribution in [0.1, 0.15) is 25.7 Å². The van der Waals surface area contributed by atoms with Gasteiger partial charge in [-0.1, -0.05) is 0 Å². The van der Waals surface area contributed by atoms with Crippen molar-refractivity contribution in [2.24, 2.45) is 20.2 Å². The van der Waals surface area contributed by atoms with Crippen LogP contribution in [0, 0.1) is 0 Å². The summed E-state index contributed by atoms with van der Waals surface area (Å²) in [6, 6.07) is -3.07. The molecule has 2 atom stereocenters. The summed E-state index contributed by atoms with van der Waals surface area (Å²) in [4.78, 5) is 40.9. The molecule has 0 unspecified atom stereocenters. The third-order valence-electron chi connectivity index (χ3n) is 2.30. The zero-order chi connectivity index (χ0) is 20.9. The van der Waals surface area contributed by atoms with Crippen LogP contribution in [0.25, 0.3) is 0 Å². The van der Waals surface area contributed by atoms with Crippen molar-refractivity contribution >= 4 is 44.8 Å². The van der Waals surface area contributed by atoms with Crippen molar-refractivity contribution in [3.8, 4) is 0 Å². The van der Waals surface area contributed by atoms with E-state index in [1.54, 1.807) is 0 Å². The molecule has 0 saturated heterocycles. The van der Waals surface area contributed by atoms with E-state index in [1.807, 2.05) is 0 Å². The summed E-state index contributed by atoms with van der Waals surface area (Å²) in [6.07, 6.45) is -1.05. The van der Waals surface area contributed by atoms with E-state index < -0.39 is 56.8 Å². The average molecular weight is 460 g/mol. The molecule has 0 aromatic carbocycles. The van der Waals surface area contributed by atoms with Crippen molar-refractivity contribution in [2.75, 3.05) is 0 Å². The molecule has 0 aliphatic carbocycles. The second-order valence-electron chi connectivity index (χ2n) is 4.32. The fourth-order valence-electron chi connectivity index (χ4n) is 1.19. The molecule has 0 rings (SSSR count). The first-order chi connectivity index (χ1) is 11.9. The number of aliphatic carboxylic acids is 2. The number of carboxylic acid groups (broad SMARTS) is 2. The second-order valence-corrected chi connectivity index (χ2v) is 5.61. The number of nitrogens with zero attached hydrogens (tertiary/aromatic N) is 2. The van der Waals surface area contributed by atoms with Crippen LogP contribution in [0.4, 0.5) is 0 Å². The Hall–Kier alpha value is -0.880. The molecular formula is C10H14N4Na2O10S2. The fourth-order valence-corrected chi connectivity index (χ4v) is 1.99. The van der Waals surface area contributed by atoms with Gasteiger partial charge in [-0.05, 0) is 12.8 Å². The molecule has 0 aromatic heterocycles. The number of nitrogens with two attached hydrogens (primary N) is 2. The minimum absolute atomic E-state index is 0. The van der Waals surface area contributed by atoms with Gasteiger partial charge in [-0.25, -0.2) is 0 Å². The zero-order valence-electron chi connectivity index (χ0n) is 14.9. The summed E-state index contributed by atoms with van der Waals surface area (Å²) in [5, 5.41) is 20.4. The van der Waals surface area contributed by atoms with Crippen molar-refractivity contribution in [1.82, 2.24) is 0 Å². The van der Waals surface area contributed by atoms with Crippen LogP contribution in [-0.4, -0.2) is 52.7 Å². The molecule has 14 nitrogen and oxygen atoms in total. The first kappa shape index (κ1) is 34.6. The predicted molar refractivity (Wildman–Crippen MR) is 77.1 cm³/mol. The summed E-state index contributed by atoms with van der Waals surface area (Å²) >= 11 is 0. The van der Waals surface area contributed by atoms with Crippen molar-refractivity contribution in [2.45, 2.75) is 37.8 Å². The number of hydrogen-bond donors (Lipinski definition) is 2. The number of amides is 2. The summed E-state index contributed by atoms with van der Waals surface area (Å²) in [6.45, 7) is 0. The molecule has 18 heteroatoms. The summed E-state index contributed by atoms with van der Waals surface area (Å²) < 4.78 is 45.5. The summed E-state index contributed by atoms with van der Waals surface area (Å²) in [7, 11) is -5.66. The van der Waals surface area contributed by atoms with E-state index in [0.717, 1.165) is 0 Å². The molecule has 0 saturated carbocycles. The van der Waals surface area contributed by atoms with Crippen LogP contribution in [0.15, 0.2) is 8.73 Å². The molecule has 28 heavy (non-hydrogen) atoms. The fraction of sp³-hybridized carbons (Fsp3) is 0.600. The van der Waals surface area contributed by atoms with Crippen LogP contribution in [-0.2, 0) is 40.2 Å². The number of carbonyl (C=O) groups is 4. The van der Waals surface area contributed by atoms with E-state index in [1.165, 1.54) is 0 Å². The third kappa shape index (κ3) is 23.2. The van der Waals surface area contributed by atoms with Gasteiger partial charge in [-0.2, -0.15) is 25.6 Å². The molecule has 4 N–H and O–H groups in total. The Bertz CT molecular complexity index is 728. The minimum Gasteiger partial charge on any atom is -0.548 e. The van der Waals surface area contributed by atoms with Gasteiger partial charge < -0.3 is 31.3 Å². The van der Waals surface area contributed by atoms with Gasteiger partial charge in [0.05, 0.1) is 11.9 Å². The standard InChI is InChI=1S/2C5H8N2O5S.2Na/c2*6-4(8)2-1-3(5(9)10)7-13(11)12;;/h2*3H,1-2H2,(H2,6,8)(H,9,10);;/q;;2*+1/p-2/t2*3-;;/m00../s1. The normalized spacial score (nSPS) is 10.9. The number of carbonyl (C=O) groups excluding carboxylic acids is 4. The van der Waals surface area contributed by atoms with E-state index in [9.17, 15) is 46.2 Å². The molecular weight excluding hydrogens is 446 g/mol. The van der Waals surface area contributed by atoms with Gasteiger partial charge in [0.15, 0.2) is 0 Å². The SMILES string of the molecule is NC(=O)CC[C@H](N=S(=O)=O)C(=O)[O-].NC(=O)CC[C@H](N=S(=O)=O)C(=O)[O-].[Na+].[Na+]. The number of hydrogen-bond acceptors (Lipinski definition) is 12. The molecule has 0 spiro atoms. The molecule has 0 aliphatic rings. The van der Waals surface area contributed by atoms with E-state index >= 15 is 0 Å². The average Bonchev–Trinajstić information content (AvgIpc) is 2.46. The van der Waals surface area contributed by atoms with Gasteiger partial charge in [-0.3, -0.25) is 9.59 Å². The van der Waals surface area contributed by atoms with Crippen LogP contribution in [0.2, 0.25) is 0 Å². The monoisotopic (exact) mass is 460 g/mol. The predicted octanol–water partition coefficient (Wildman–Crippen LogP) is -11.1. The largest absolute Gasteiger partial charge is 1.00 e. The topological polar surface area (TPSA) is 259 Å². The Kier molecular flexibility index (Phi) is 24.0. The Balaban J connectivity index is -0.000000192. The Morgan fingerprint density at radius 3 is 1.11 bits per heavy atom. The van der Waals surface area contributed by atoms with Crippen LogP contribution >= 0.6 is 0 Å². The molecule has 2 amide bonds. The van der Waals surface area contributed by atoms with Gasteiger partial charge >= 0.3 is 80.1 Å². The maximum atomic E-state index is 10.2. The van der Waals surface area contributed by atoms with Crippen molar-refractivity contribution < 1.29 is 105 Å². The van der Waals surface area contributed by atoms with Gasteiger partial charge in [0.2, 0.25) is 11.8 Å². The van der Waals surface area contributed by atoms with Gasteiger partial charge in [0.1, 0.15) is 12.1 Å². The molecule has 0 bridgehead atoms. The van der Waals surface area contributed by atoms with E-state index in [0.29, 0.717) is 0 Å². The molecule has 0 aromatic rings. The second kappa shape index (κ2) is 19.4. The van der Waals surface area contributed by atoms with Crippen LogP contribution in [0.5, 0.6) is 0 Å². The van der Waals surface area contributed by atoms with E-state index in [2.05, 4.69) is 8.73 Å². The van der Waals surface area contributed by atoms with Crippen molar-refractivity contribution in [1.29, 1.82) is 0 Å². The molecule has 0 heterocycles. The van der Waals surface area contributed by atoms with Gasteiger partial charge in [0, 0.05) is 12.8 Å². The number of carboxylic acids is 2. The molecule has 0 fully saturated rings. The van der Waals surface area contributed by atoms with Crippen molar-refractivity contribution in [3.05, 3.63) is 0 Å². The Morgan fingerprint density at radius 1 is 0.714 bits per heavy atom. The number of primary amides is 2. The van der Waals surface area contributed by atoms with Gasteiger partial charge in [-0.15, -0.1) is 0 Å². The quantitative estimate of drug-likeness (QED) is 0.291. The Morgan fingerprint density at radius 2 is 0.964 bits per heavy atom. The Labute approximate surface area is 206 Å². The zero-order valence-corrected chi connectivity index (χ0v) is 20.6. The molecule has 0 aliphatic heterocycles. The first-order valence-corrected chi connectivity index (χ1v) is 8.51. The summed E-state index contributed by atoms with van der Waals surface area (Å²) in [5.41, 5.74) is 9.45. The number of rotatable bonds is 10. The third-order valence-corrected chi connectivity index (χ3v) is 3.15. The molecule has 0 radical (unpaired) electrons.